The Hall–Kier alpha value is -1.95. The number of Topliss-reactive ketones (excluding diaryl/α,β-unsaturated/α-hetero) is 1. The van der Waals surface area contributed by atoms with Gasteiger partial charge in [-0.15, -0.1) is 0 Å². The zero-order chi connectivity index (χ0) is 12.4. The van der Waals surface area contributed by atoms with Crippen LogP contribution in [0.4, 0.5) is 21.0 Å². The normalized spacial score (nSPS) is 10.2. The van der Waals surface area contributed by atoms with E-state index in [9.17, 15) is 9.18 Å². The molecule has 0 unspecified atom stereocenters. The standard InChI is InChI=1S/C11H10FN3OS/c1-6(16)9-10(13)15-11(17-9)14-8-4-2-3-7(12)5-8/h2-5H,13H2,1H3,(H,14,15). The van der Waals surface area contributed by atoms with Crippen molar-refractivity contribution in [3.8, 4) is 0 Å². The van der Waals surface area contributed by atoms with E-state index >= 15 is 0 Å². The zero-order valence-corrected chi connectivity index (χ0v) is 9.84. The number of rotatable bonds is 3. The van der Waals surface area contributed by atoms with Gasteiger partial charge >= 0.3 is 0 Å². The molecule has 0 saturated heterocycles. The van der Waals surface area contributed by atoms with Gasteiger partial charge in [-0.1, -0.05) is 17.4 Å². The SMILES string of the molecule is CC(=O)c1sc(Nc2cccc(F)c2)nc1N. The van der Waals surface area contributed by atoms with Crippen LogP contribution in [-0.4, -0.2) is 10.8 Å². The van der Waals surface area contributed by atoms with E-state index < -0.39 is 0 Å². The van der Waals surface area contributed by atoms with Crippen molar-refractivity contribution in [1.82, 2.24) is 4.98 Å². The molecule has 0 atom stereocenters. The molecule has 0 aliphatic heterocycles. The number of halogens is 1. The Morgan fingerprint density at radius 2 is 2.29 bits per heavy atom. The summed E-state index contributed by atoms with van der Waals surface area (Å²) < 4.78 is 12.9. The van der Waals surface area contributed by atoms with Crippen molar-refractivity contribution in [2.45, 2.75) is 6.92 Å². The molecule has 0 radical (unpaired) electrons. The van der Waals surface area contributed by atoms with Crippen molar-refractivity contribution >= 4 is 33.8 Å². The van der Waals surface area contributed by atoms with Gasteiger partial charge in [0, 0.05) is 12.6 Å². The van der Waals surface area contributed by atoms with Gasteiger partial charge in [0.2, 0.25) is 0 Å². The van der Waals surface area contributed by atoms with Crippen LogP contribution < -0.4 is 11.1 Å². The molecule has 0 spiro atoms. The van der Waals surface area contributed by atoms with E-state index in [1.54, 1.807) is 12.1 Å². The minimum Gasteiger partial charge on any atom is -0.382 e. The molecular weight excluding hydrogens is 241 g/mol. The number of anilines is 3. The first-order chi connectivity index (χ1) is 8.06. The van der Waals surface area contributed by atoms with E-state index in [0.29, 0.717) is 15.7 Å². The summed E-state index contributed by atoms with van der Waals surface area (Å²) in [5, 5.41) is 3.37. The summed E-state index contributed by atoms with van der Waals surface area (Å²) >= 11 is 1.15. The molecule has 1 aromatic carbocycles. The minimum atomic E-state index is -0.341. The summed E-state index contributed by atoms with van der Waals surface area (Å²) in [4.78, 5) is 15.6. The van der Waals surface area contributed by atoms with Crippen LogP contribution in [0, 0.1) is 5.82 Å². The Bertz CT molecular complexity index is 568. The molecule has 1 heterocycles. The van der Waals surface area contributed by atoms with Gasteiger partial charge in [0.15, 0.2) is 10.9 Å². The summed E-state index contributed by atoms with van der Waals surface area (Å²) in [6.45, 7) is 1.43. The van der Waals surface area contributed by atoms with Gasteiger partial charge in [0.05, 0.1) is 0 Å². The number of nitrogen functional groups attached to an aromatic ring is 1. The number of carbonyl (C=O) groups excluding carboxylic acids is 1. The van der Waals surface area contributed by atoms with Gasteiger partial charge < -0.3 is 11.1 Å². The van der Waals surface area contributed by atoms with Crippen LogP contribution >= 0.6 is 11.3 Å². The summed E-state index contributed by atoms with van der Waals surface area (Å²) in [5.41, 5.74) is 6.15. The fourth-order valence-corrected chi connectivity index (χ4v) is 2.13. The maximum absolute atomic E-state index is 12.9. The third-order valence-corrected chi connectivity index (χ3v) is 3.14. The Morgan fingerprint density at radius 3 is 2.88 bits per heavy atom. The monoisotopic (exact) mass is 251 g/mol. The van der Waals surface area contributed by atoms with Gasteiger partial charge in [0.25, 0.3) is 0 Å². The second-order valence-corrected chi connectivity index (χ2v) is 4.42. The summed E-state index contributed by atoms with van der Waals surface area (Å²) in [7, 11) is 0. The number of nitrogens with zero attached hydrogens (tertiary/aromatic N) is 1. The molecule has 0 aliphatic rings. The van der Waals surface area contributed by atoms with Crippen molar-refractivity contribution in [1.29, 1.82) is 0 Å². The third kappa shape index (κ3) is 2.59. The van der Waals surface area contributed by atoms with E-state index in [1.807, 2.05) is 0 Å². The number of carbonyl (C=O) groups is 1. The molecule has 1 aromatic heterocycles. The minimum absolute atomic E-state index is 0.132. The molecule has 0 fully saturated rings. The maximum Gasteiger partial charge on any atom is 0.189 e. The quantitative estimate of drug-likeness (QED) is 0.823. The van der Waals surface area contributed by atoms with Crippen molar-refractivity contribution in [3.05, 3.63) is 35.0 Å². The lowest BCUT2D eigenvalue weighted by Crippen LogP contribution is -1.95. The Balaban J connectivity index is 2.25. The molecule has 2 aromatic rings. The number of benzene rings is 1. The van der Waals surface area contributed by atoms with Crippen LogP contribution in [0.25, 0.3) is 0 Å². The fraction of sp³-hybridized carbons (Fsp3) is 0.0909. The molecule has 3 N–H and O–H groups in total. The van der Waals surface area contributed by atoms with Crippen molar-refractivity contribution < 1.29 is 9.18 Å². The first-order valence-electron chi connectivity index (χ1n) is 4.86. The van der Waals surface area contributed by atoms with Crippen molar-refractivity contribution in [2.24, 2.45) is 0 Å². The summed E-state index contributed by atoms with van der Waals surface area (Å²) in [5.74, 6) is -0.278. The third-order valence-electron chi connectivity index (χ3n) is 2.05. The number of aromatic nitrogens is 1. The van der Waals surface area contributed by atoms with Crippen LogP contribution in [-0.2, 0) is 0 Å². The first-order valence-corrected chi connectivity index (χ1v) is 5.68. The van der Waals surface area contributed by atoms with Crippen molar-refractivity contribution in [3.63, 3.8) is 0 Å². The zero-order valence-electron chi connectivity index (χ0n) is 9.03. The number of hydrogen-bond donors (Lipinski definition) is 2. The van der Waals surface area contributed by atoms with Crippen LogP contribution in [0.1, 0.15) is 16.6 Å². The van der Waals surface area contributed by atoms with E-state index in [0.717, 1.165) is 11.3 Å². The first kappa shape index (κ1) is 11.5. The highest BCUT2D eigenvalue weighted by atomic mass is 32.1. The van der Waals surface area contributed by atoms with E-state index in [1.165, 1.54) is 19.1 Å². The predicted octanol–water partition coefficient (Wildman–Crippen LogP) is 2.81. The molecular formula is C11H10FN3OS. The number of nitrogens with two attached hydrogens (primary N) is 1. The van der Waals surface area contributed by atoms with Crippen molar-refractivity contribution in [2.75, 3.05) is 11.1 Å². The van der Waals surface area contributed by atoms with Crippen LogP contribution in [0.15, 0.2) is 24.3 Å². The Labute approximate surface area is 101 Å². The predicted molar refractivity (Wildman–Crippen MR) is 66.2 cm³/mol. The molecule has 4 nitrogen and oxygen atoms in total. The second-order valence-electron chi connectivity index (χ2n) is 3.42. The number of ketones is 1. The highest BCUT2D eigenvalue weighted by Crippen LogP contribution is 2.27. The van der Waals surface area contributed by atoms with Gasteiger partial charge in [0.1, 0.15) is 16.5 Å². The van der Waals surface area contributed by atoms with E-state index in [4.69, 9.17) is 5.73 Å². The van der Waals surface area contributed by atoms with Gasteiger partial charge in [-0.05, 0) is 18.2 Å². The summed E-state index contributed by atoms with van der Waals surface area (Å²) in [6.07, 6.45) is 0. The Kier molecular flexibility index (Phi) is 3.06. The van der Waals surface area contributed by atoms with E-state index in [-0.39, 0.29) is 17.4 Å². The average molecular weight is 251 g/mol. The largest absolute Gasteiger partial charge is 0.382 e. The lowest BCUT2D eigenvalue weighted by atomic mass is 10.3. The van der Waals surface area contributed by atoms with Crippen LogP contribution in [0.3, 0.4) is 0 Å². The van der Waals surface area contributed by atoms with Gasteiger partial charge in [-0.2, -0.15) is 0 Å². The number of nitrogens with one attached hydrogen (secondary N) is 1. The smallest absolute Gasteiger partial charge is 0.189 e. The molecule has 88 valence electrons. The molecule has 0 aliphatic carbocycles. The molecule has 0 amide bonds. The van der Waals surface area contributed by atoms with Crippen LogP contribution in [0.2, 0.25) is 0 Å². The summed E-state index contributed by atoms with van der Waals surface area (Å²) in [6, 6.07) is 5.97. The second kappa shape index (κ2) is 4.50. The maximum atomic E-state index is 12.9. The van der Waals surface area contributed by atoms with E-state index in [2.05, 4.69) is 10.3 Å². The molecule has 6 heteroatoms. The highest BCUT2D eigenvalue weighted by Gasteiger charge is 2.12. The van der Waals surface area contributed by atoms with Crippen LogP contribution in [0.5, 0.6) is 0 Å². The highest BCUT2D eigenvalue weighted by molar-refractivity contribution is 7.18. The number of hydrogen-bond acceptors (Lipinski definition) is 5. The lowest BCUT2D eigenvalue weighted by molar-refractivity contribution is 0.102. The topological polar surface area (TPSA) is 68.0 Å². The average Bonchev–Trinajstić information content (AvgIpc) is 2.59. The molecule has 2 rings (SSSR count). The lowest BCUT2D eigenvalue weighted by Gasteiger charge is -2.01. The van der Waals surface area contributed by atoms with Gasteiger partial charge in [-0.25, -0.2) is 9.37 Å². The van der Waals surface area contributed by atoms with Gasteiger partial charge in [-0.3, -0.25) is 4.79 Å². The molecule has 17 heavy (non-hydrogen) atoms. The number of thiazole rings is 1. The molecule has 0 saturated carbocycles. The Morgan fingerprint density at radius 1 is 1.53 bits per heavy atom. The fourth-order valence-electron chi connectivity index (χ4n) is 1.33. The molecule has 0 bridgehead atoms.